The highest BCUT2D eigenvalue weighted by molar-refractivity contribution is 7.79. The van der Waals surface area contributed by atoms with Crippen molar-refractivity contribution >= 4 is 41.0 Å². The molecule has 9 aliphatic heterocycles. The van der Waals surface area contributed by atoms with E-state index in [0.717, 1.165) is 77.0 Å². The molecule has 0 aromatic heterocycles. The molecule has 0 radical (unpaired) electrons. The van der Waals surface area contributed by atoms with Gasteiger partial charge in [-0.15, -0.1) is 0 Å². The van der Waals surface area contributed by atoms with Gasteiger partial charge in [0.15, 0.2) is 0 Å². The van der Waals surface area contributed by atoms with Crippen molar-refractivity contribution in [2.45, 2.75) is 519 Å². The predicted molar refractivity (Wildman–Crippen MR) is 518 cm³/mol. The molecule has 3 aromatic carbocycles. The van der Waals surface area contributed by atoms with E-state index in [9.17, 15) is 31.2 Å². The van der Waals surface area contributed by atoms with E-state index in [1.807, 2.05) is 83.1 Å². The second-order valence-corrected chi connectivity index (χ2v) is 56.2. The van der Waals surface area contributed by atoms with E-state index in [0.29, 0.717) is 56.3 Å². The Morgan fingerprint density at radius 3 is 0.452 bits per heavy atom. The number of nitrogens with zero attached hydrogens (tertiary/aromatic N) is 9. The molecule has 126 heavy (non-hydrogen) atoms. The van der Waals surface area contributed by atoms with Crippen LogP contribution in [0.25, 0.3) is 0 Å². The van der Waals surface area contributed by atoms with Crippen LogP contribution in [0, 0.1) is 0 Å². The van der Waals surface area contributed by atoms with Gasteiger partial charge >= 0.3 is 17.2 Å². The number of hydrogen-bond acceptors (Lipinski definition) is 21. The van der Waals surface area contributed by atoms with Crippen molar-refractivity contribution < 1.29 is 58.4 Å². The third-order valence-corrected chi connectivity index (χ3v) is 37.1. The summed E-state index contributed by atoms with van der Waals surface area (Å²) < 4.78 is 40.7. The lowest BCUT2D eigenvalue weighted by atomic mass is 9.73. The molecule has 0 saturated carbocycles. The zero-order valence-corrected chi connectivity index (χ0v) is 89.0. The second kappa shape index (κ2) is 36.9. The summed E-state index contributed by atoms with van der Waals surface area (Å²) in [7, 11) is 2.73. The molecule has 9 aliphatic rings. The van der Waals surface area contributed by atoms with E-state index in [1.165, 1.54) is 47.8 Å². The molecule has 0 spiro atoms. The van der Waals surface area contributed by atoms with E-state index in [2.05, 4.69) is 275 Å². The number of hydrogen-bond donors (Lipinski definition) is 6. The van der Waals surface area contributed by atoms with Gasteiger partial charge in [0.05, 0.1) is 36.6 Å². The van der Waals surface area contributed by atoms with Gasteiger partial charge in [-0.2, -0.15) is 30.4 Å². The lowest BCUT2D eigenvalue weighted by Gasteiger charge is -2.55. The average molecular weight is 1820 g/mol. The third-order valence-electron chi connectivity index (χ3n) is 31.8. The fraction of sp³-hybridized carbons (Fsp3) is 0.824. The third kappa shape index (κ3) is 23.8. The van der Waals surface area contributed by atoms with Gasteiger partial charge in [-0.05, 0) is 444 Å². The van der Waals surface area contributed by atoms with E-state index in [-0.39, 0.29) is 103 Å². The van der Waals surface area contributed by atoms with Gasteiger partial charge in [-0.1, -0.05) is 72.8 Å². The number of likely N-dealkylation sites (tertiary alicyclic amines) is 3. The van der Waals surface area contributed by atoms with E-state index >= 15 is 0 Å². The Morgan fingerprint density at radius 1 is 0.198 bits per heavy atom. The number of hydroxylamine groups is 12. The summed E-state index contributed by atoms with van der Waals surface area (Å²) in [6.45, 7) is 78.0. The Bertz CT molecular complexity index is 3420. The standard InChI is InChI=1S/C45H66N3O3P.C30H60N3O3P.C27H54N3O6P/c1-40(2)25-34(26-41(3,4)46(40)49)31-13-19-37(20-14-31)52(38-21-15-32(16-22-38)35-27-42(5,6)47(50)43(7,8)28-35)39-23-17-33(18-24-39)36-29-44(9,10)48(51)45(11,12)30-36;1-25(2)16-22(17-26(3,4)31(25)13)34-37(35-23-18-27(5,6)32(14)28(7,8)19-23)36-24-20-29(9,10)33(15)30(11,12)21-24;1-22(2)13-19(14-23(3,4)28(22)31)34-37(35-20-15-24(5,6)29(32)25(7,8)16-20)36-21-17-26(9,10)30(33)27(11,12)18-21/h13-24,34-36,49-51H,25-30H2,1-12H3;22-24H,16-21H2,1-15H3;19-21,31-33H,13-18H2,1-12H3. The van der Waals surface area contributed by atoms with Crippen molar-refractivity contribution in [1.29, 1.82) is 0 Å². The summed E-state index contributed by atoms with van der Waals surface area (Å²) in [5.41, 5.74) is -0.0907. The first-order valence-electron chi connectivity index (χ1n) is 47.8. The minimum atomic E-state index is -1.72. The van der Waals surface area contributed by atoms with Crippen LogP contribution in [0.3, 0.4) is 0 Å². The summed E-state index contributed by atoms with van der Waals surface area (Å²) in [4.78, 5) is 7.52. The highest BCUT2D eigenvalue weighted by Gasteiger charge is 2.56. The van der Waals surface area contributed by atoms with Gasteiger partial charge in [-0.25, -0.2) is 0 Å². The molecule has 0 unspecified atom stereocenters. The molecular formula is C102H180N9O12P3. The Kier molecular flexibility index (Phi) is 31.1. The van der Waals surface area contributed by atoms with Crippen LogP contribution >= 0.6 is 25.1 Å². The Hall–Kier alpha value is -1.89. The fourth-order valence-electron chi connectivity index (χ4n) is 25.4. The normalized spacial score (nSPS) is 28.8. The maximum absolute atomic E-state index is 10.9. The highest BCUT2D eigenvalue weighted by Crippen LogP contribution is 2.58. The number of rotatable bonds is 18. The van der Waals surface area contributed by atoms with Crippen LogP contribution in [-0.2, 0) is 27.1 Å². The zero-order valence-electron chi connectivity index (χ0n) is 86.4. The SMILES string of the molecule is CC1(C)CC(OP(OC2CC(C)(C)N(O)C(C)(C)C2)OC2CC(C)(C)N(O)C(C)(C)C2)CC(C)(C)N1O.CC1(C)CC(c2ccc(P(c3ccc(C4CC(C)(C)N(O)C(C)(C)C4)cc3)c3ccc(C4CC(C)(C)N(O)C(C)(C)C4)cc3)cc2)CC(C)(C)N1O.CN1C(C)(C)CC(OP(OC2CC(C)(C)N(C)C(C)(C)C2)OC2CC(C)(C)N(C)C(C)(C)C2)CC1(C)C. The van der Waals surface area contributed by atoms with Crippen LogP contribution in [0.5, 0.6) is 0 Å². The topological polar surface area (TPSA) is 206 Å². The van der Waals surface area contributed by atoms with Gasteiger partial charge < -0.3 is 58.4 Å². The van der Waals surface area contributed by atoms with Gasteiger partial charge in [0.2, 0.25) is 0 Å². The van der Waals surface area contributed by atoms with E-state index in [4.69, 9.17) is 27.1 Å². The van der Waals surface area contributed by atoms with Crippen molar-refractivity contribution in [3.8, 4) is 0 Å². The van der Waals surface area contributed by atoms with E-state index < -0.39 is 58.4 Å². The monoisotopic (exact) mass is 1820 g/mol. The maximum Gasteiger partial charge on any atom is 0.333 e. The molecule has 0 bridgehead atoms. The first-order chi connectivity index (χ1) is 56.9. The molecule has 720 valence electrons. The Labute approximate surface area is 769 Å². The van der Waals surface area contributed by atoms with Crippen LogP contribution in [0.2, 0.25) is 0 Å². The van der Waals surface area contributed by atoms with Crippen molar-refractivity contribution in [3.63, 3.8) is 0 Å². The highest BCUT2D eigenvalue weighted by atomic mass is 31.2. The summed E-state index contributed by atoms with van der Waals surface area (Å²) in [5, 5.41) is 78.2. The summed E-state index contributed by atoms with van der Waals surface area (Å²) in [5.74, 6) is 1.14. The van der Waals surface area contributed by atoms with Crippen LogP contribution in [0.15, 0.2) is 72.8 Å². The van der Waals surface area contributed by atoms with Gasteiger partial charge in [0.1, 0.15) is 0 Å². The molecular weight excluding hydrogens is 1640 g/mol. The van der Waals surface area contributed by atoms with Crippen LogP contribution in [0.1, 0.15) is 399 Å². The quantitative estimate of drug-likeness (QED) is 0.0655. The molecule has 21 nitrogen and oxygen atoms in total. The molecule has 3 aromatic rings. The van der Waals surface area contributed by atoms with Crippen molar-refractivity contribution in [2.24, 2.45) is 0 Å². The summed E-state index contributed by atoms with van der Waals surface area (Å²) >= 11 is 0. The molecule has 6 N–H and O–H groups in total. The summed E-state index contributed by atoms with van der Waals surface area (Å²) in [6, 6.07) is 28.2. The molecule has 9 saturated heterocycles. The lowest BCUT2D eigenvalue weighted by molar-refractivity contribution is -0.262. The summed E-state index contributed by atoms with van der Waals surface area (Å²) in [6.07, 6.45) is 15.2. The average Bonchev–Trinajstić information content (AvgIpc) is 0.752. The van der Waals surface area contributed by atoms with Gasteiger partial charge in [-0.3, -0.25) is 14.7 Å². The van der Waals surface area contributed by atoms with Crippen LogP contribution in [0.4, 0.5) is 0 Å². The van der Waals surface area contributed by atoms with Crippen LogP contribution in [-0.4, -0.2) is 234 Å². The molecule has 0 aliphatic carbocycles. The number of piperidine rings is 9. The fourth-order valence-corrected chi connectivity index (χ4v) is 30.2. The predicted octanol–water partition coefficient (Wildman–Crippen LogP) is 23.5. The van der Waals surface area contributed by atoms with Crippen LogP contribution < -0.4 is 15.9 Å². The van der Waals surface area contributed by atoms with E-state index in [1.54, 1.807) is 15.2 Å². The minimum absolute atomic E-state index is 0.0580. The maximum atomic E-state index is 10.9. The Balaban J connectivity index is 0.000000202. The first kappa shape index (κ1) is 106. The first-order valence-corrected chi connectivity index (χ1v) is 51.3. The molecule has 12 rings (SSSR count). The largest absolute Gasteiger partial charge is 0.333 e. The second-order valence-electron chi connectivity index (χ2n) is 51.9. The molecule has 0 amide bonds. The smallest absolute Gasteiger partial charge is 0.313 e. The molecule has 0 atom stereocenters. The van der Waals surface area contributed by atoms with Crippen molar-refractivity contribution in [3.05, 3.63) is 89.5 Å². The van der Waals surface area contributed by atoms with Crippen molar-refractivity contribution in [1.82, 2.24) is 45.1 Å². The molecule has 9 heterocycles. The van der Waals surface area contributed by atoms with Gasteiger partial charge in [0.25, 0.3) is 0 Å². The molecule has 24 heteroatoms. The Morgan fingerprint density at radius 2 is 0.317 bits per heavy atom. The number of benzene rings is 3. The zero-order chi connectivity index (χ0) is 95.0. The van der Waals surface area contributed by atoms with Crippen molar-refractivity contribution in [2.75, 3.05) is 21.1 Å². The molecule has 9 fully saturated rings. The lowest BCUT2D eigenvalue weighted by Crippen LogP contribution is -2.61. The van der Waals surface area contributed by atoms with Gasteiger partial charge in [0, 0.05) is 99.7 Å². The minimum Gasteiger partial charge on any atom is -0.313 e.